The molecule has 1 fully saturated rings. The Bertz CT molecular complexity index is 1150. The van der Waals surface area contributed by atoms with Crippen molar-refractivity contribution in [3.8, 4) is 5.69 Å². The summed E-state index contributed by atoms with van der Waals surface area (Å²) >= 11 is 0. The van der Waals surface area contributed by atoms with Crippen LogP contribution in [0.25, 0.3) is 5.69 Å². The topological polar surface area (TPSA) is 98.1 Å². The van der Waals surface area contributed by atoms with Crippen molar-refractivity contribution in [2.75, 3.05) is 16.8 Å². The van der Waals surface area contributed by atoms with Crippen LogP contribution in [0.3, 0.4) is 0 Å². The zero-order chi connectivity index (χ0) is 23.8. The van der Waals surface area contributed by atoms with Crippen LogP contribution in [-0.2, 0) is 10.9 Å². The second-order valence-electron chi connectivity index (χ2n) is 7.63. The molecule has 174 valence electrons. The number of carbonyl (C=O) groups excluding carboxylic acids is 1. The maximum Gasteiger partial charge on any atom is 0.417 e. The second kappa shape index (κ2) is 8.68. The minimum absolute atomic E-state index is 0.149. The minimum atomic E-state index is -4.39. The van der Waals surface area contributed by atoms with E-state index in [2.05, 4.69) is 25.3 Å². The van der Waals surface area contributed by atoms with E-state index in [1.54, 1.807) is 17.7 Å². The van der Waals surface area contributed by atoms with E-state index >= 15 is 0 Å². The number of ether oxygens (including phenoxy) is 1. The van der Waals surface area contributed by atoms with Gasteiger partial charge in [-0.05, 0) is 44.5 Å². The summed E-state index contributed by atoms with van der Waals surface area (Å²) in [5.74, 6) is 0.907. The van der Waals surface area contributed by atoms with Gasteiger partial charge >= 0.3 is 12.3 Å². The van der Waals surface area contributed by atoms with Crippen LogP contribution in [0, 0.1) is 6.92 Å². The highest BCUT2D eigenvalue weighted by atomic mass is 19.4. The van der Waals surface area contributed by atoms with Crippen LogP contribution in [-0.4, -0.2) is 43.2 Å². The molecular weight excluding hydrogens is 439 g/mol. The molecule has 1 unspecified atom stereocenters. The monoisotopic (exact) mass is 461 g/mol. The fraction of sp³-hybridized carbons (Fsp3) is 0.381. The molecule has 3 heterocycles. The van der Waals surface area contributed by atoms with Crippen molar-refractivity contribution in [1.82, 2.24) is 24.5 Å². The van der Waals surface area contributed by atoms with E-state index in [0.29, 0.717) is 23.6 Å². The molecule has 4 rings (SSSR count). The molecule has 1 saturated heterocycles. The largest absolute Gasteiger partial charge is 0.447 e. The van der Waals surface area contributed by atoms with Gasteiger partial charge in [-0.25, -0.2) is 14.7 Å². The lowest BCUT2D eigenvalue weighted by atomic mass is 10.2. The number of cyclic esters (lactones) is 1. The number of nitrogens with one attached hydrogen (secondary N) is 1. The first-order chi connectivity index (χ1) is 15.7. The predicted molar refractivity (Wildman–Crippen MR) is 113 cm³/mol. The first-order valence-electron chi connectivity index (χ1n) is 10.3. The number of hydrogen-bond donors (Lipinski definition) is 1. The zero-order valence-corrected chi connectivity index (χ0v) is 18.2. The van der Waals surface area contributed by atoms with Crippen LogP contribution in [0.15, 0.2) is 36.8 Å². The predicted octanol–water partition coefficient (Wildman–Crippen LogP) is 4.29. The lowest BCUT2D eigenvalue weighted by molar-refractivity contribution is -0.137. The van der Waals surface area contributed by atoms with Gasteiger partial charge < -0.3 is 14.6 Å². The highest BCUT2D eigenvalue weighted by Gasteiger charge is 2.35. The summed E-state index contributed by atoms with van der Waals surface area (Å²) in [5.41, 5.74) is 0.460. The molecule has 0 saturated carbocycles. The standard InChI is InChI=1S/C21H22F3N7O2/c1-4-15-10-33-20(32)31(15)19-28-13(3)27-18(29-19)26-12(2)17-9-30(11-25-17)16-7-5-14(6-8-16)21(22,23)24/h5-9,11-12,15H,4,10H2,1-3H3,(H,26,27,28,29)/t12-,15?/m0/s1. The summed E-state index contributed by atoms with van der Waals surface area (Å²) in [6.45, 7) is 5.77. The summed E-state index contributed by atoms with van der Waals surface area (Å²) in [6.07, 6.45) is -0.966. The summed E-state index contributed by atoms with van der Waals surface area (Å²) < 4.78 is 45.1. The summed E-state index contributed by atoms with van der Waals surface area (Å²) in [4.78, 5) is 30.8. The number of imidazole rings is 1. The number of anilines is 2. The maximum absolute atomic E-state index is 12.8. The Balaban J connectivity index is 1.51. The van der Waals surface area contributed by atoms with Gasteiger partial charge in [-0.15, -0.1) is 0 Å². The quantitative estimate of drug-likeness (QED) is 0.585. The fourth-order valence-corrected chi connectivity index (χ4v) is 3.44. The highest BCUT2D eigenvalue weighted by Crippen LogP contribution is 2.30. The highest BCUT2D eigenvalue weighted by molar-refractivity contribution is 5.88. The number of alkyl halides is 3. The van der Waals surface area contributed by atoms with Crippen LogP contribution >= 0.6 is 0 Å². The van der Waals surface area contributed by atoms with E-state index in [1.165, 1.54) is 23.4 Å². The summed E-state index contributed by atoms with van der Waals surface area (Å²) in [6, 6.07) is 4.34. The number of amides is 1. The third-order valence-electron chi connectivity index (χ3n) is 5.27. The summed E-state index contributed by atoms with van der Waals surface area (Å²) in [5, 5.41) is 3.14. The number of hydrogen-bond acceptors (Lipinski definition) is 7. The zero-order valence-electron chi connectivity index (χ0n) is 18.2. The summed E-state index contributed by atoms with van der Waals surface area (Å²) in [7, 11) is 0. The number of rotatable bonds is 6. The van der Waals surface area contributed by atoms with Crippen molar-refractivity contribution in [2.45, 2.75) is 45.5 Å². The Morgan fingerprint density at radius 2 is 1.94 bits per heavy atom. The lowest BCUT2D eigenvalue weighted by Gasteiger charge is -2.19. The Labute approximate surface area is 187 Å². The smallest absolute Gasteiger partial charge is 0.417 e. The van der Waals surface area contributed by atoms with Gasteiger partial charge in [0, 0.05) is 11.9 Å². The molecule has 0 bridgehead atoms. The van der Waals surface area contributed by atoms with Crippen LogP contribution < -0.4 is 10.2 Å². The van der Waals surface area contributed by atoms with Crippen molar-refractivity contribution in [3.05, 3.63) is 53.9 Å². The molecule has 9 nitrogen and oxygen atoms in total. The normalized spacial score (nSPS) is 17.2. The molecule has 12 heteroatoms. The van der Waals surface area contributed by atoms with Gasteiger partial charge in [0.15, 0.2) is 0 Å². The van der Waals surface area contributed by atoms with Crippen molar-refractivity contribution in [1.29, 1.82) is 0 Å². The van der Waals surface area contributed by atoms with Crippen LogP contribution in [0.1, 0.15) is 43.4 Å². The van der Waals surface area contributed by atoms with Crippen LogP contribution in [0.5, 0.6) is 0 Å². The molecule has 2 aromatic heterocycles. The van der Waals surface area contributed by atoms with Gasteiger partial charge in [0.05, 0.1) is 29.7 Å². The van der Waals surface area contributed by atoms with E-state index in [-0.39, 0.29) is 30.6 Å². The molecule has 33 heavy (non-hydrogen) atoms. The number of carbonyl (C=O) groups is 1. The molecule has 0 radical (unpaired) electrons. The molecule has 3 aromatic rings. The number of benzene rings is 1. The minimum Gasteiger partial charge on any atom is -0.447 e. The van der Waals surface area contributed by atoms with E-state index in [1.807, 2.05) is 13.8 Å². The molecule has 0 spiro atoms. The van der Waals surface area contributed by atoms with Gasteiger partial charge in [-0.3, -0.25) is 0 Å². The molecule has 1 aliphatic heterocycles. The number of aryl methyl sites for hydroxylation is 1. The molecule has 2 atom stereocenters. The van der Waals surface area contributed by atoms with E-state index in [0.717, 1.165) is 12.1 Å². The van der Waals surface area contributed by atoms with Crippen LogP contribution in [0.2, 0.25) is 0 Å². The van der Waals surface area contributed by atoms with Crippen molar-refractivity contribution in [3.63, 3.8) is 0 Å². The van der Waals surface area contributed by atoms with Crippen molar-refractivity contribution < 1.29 is 22.7 Å². The first kappa shape index (κ1) is 22.5. The Kier molecular flexibility index (Phi) is 5.91. The van der Waals surface area contributed by atoms with Crippen molar-refractivity contribution >= 4 is 18.0 Å². The van der Waals surface area contributed by atoms with Gasteiger partial charge in [0.1, 0.15) is 12.4 Å². The molecule has 1 amide bonds. The third kappa shape index (κ3) is 4.73. The Hall–Kier alpha value is -3.70. The van der Waals surface area contributed by atoms with Gasteiger partial charge in [-0.2, -0.15) is 28.1 Å². The number of nitrogens with zero attached hydrogens (tertiary/aromatic N) is 6. The van der Waals surface area contributed by atoms with E-state index in [4.69, 9.17) is 4.74 Å². The van der Waals surface area contributed by atoms with Crippen LogP contribution in [0.4, 0.5) is 29.9 Å². The maximum atomic E-state index is 12.8. The second-order valence-corrected chi connectivity index (χ2v) is 7.63. The molecule has 1 aliphatic rings. The van der Waals surface area contributed by atoms with Gasteiger partial charge in [-0.1, -0.05) is 6.92 Å². The first-order valence-corrected chi connectivity index (χ1v) is 10.3. The molecular formula is C21H22F3N7O2. The SMILES string of the molecule is CCC1COC(=O)N1c1nc(C)nc(N[C@@H](C)c2cn(-c3ccc(C(F)(F)F)cc3)cn2)n1. The average molecular weight is 461 g/mol. The van der Waals surface area contributed by atoms with E-state index in [9.17, 15) is 18.0 Å². The van der Waals surface area contributed by atoms with Gasteiger partial charge in [0.2, 0.25) is 11.9 Å². The number of aromatic nitrogens is 5. The number of halogens is 3. The van der Waals surface area contributed by atoms with Crippen molar-refractivity contribution in [2.24, 2.45) is 0 Å². The Morgan fingerprint density at radius 3 is 2.61 bits per heavy atom. The molecule has 1 N–H and O–H groups in total. The third-order valence-corrected chi connectivity index (χ3v) is 5.27. The molecule has 1 aromatic carbocycles. The molecule has 0 aliphatic carbocycles. The lowest BCUT2D eigenvalue weighted by Crippen LogP contribution is -2.34. The Morgan fingerprint density at radius 1 is 1.21 bits per heavy atom. The fourth-order valence-electron chi connectivity index (χ4n) is 3.44. The van der Waals surface area contributed by atoms with E-state index < -0.39 is 17.8 Å². The average Bonchev–Trinajstić information content (AvgIpc) is 3.39. The van der Waals surface area contributed by atoms with Gasteiger partial charge in [0.25, 0.3) is 0 Å².